The third-order valence-electron chi connectivity index (χ3n) is 2.88. The Morgan fingerprint density at radius 1 is 1.32 bits per heavy atom. The van der Waals surface area contributed by atoms with Crippen molar-refractivity contribution in [3.05, 3.63) is 35.5 Å². The Morgan fingerprint density at radius 2 is 2.08 bits per heavy atom. The number of hydrogen-bond donors (Lipinski definition) is 1. The van der Waals surface area contributed by atoms with Gasteiger partial charge in [0.25, 0.3) is 0 Å². The van der Waals surface area contributed by atoms with Gasteiger partial charge in [0.1, 0.15) is 23.3 Å². The largest absolute Gasteiger partial charge is 0.458 e. The van der Waals surface area contributed by atoms with E-state index in [0.717, 1.165) is 10.7 Å². The molecule has 25 heavy (non-hydrogen) atoms. The third kappa shape index (κ3) is 6.15. The quantitative estimate of drug-likeness (QED) is 0.821. The maximum absolute atomic E-state index is 12.0. The van der Waals surface area contributed by atoms with E-state index in [9.17, 15) is 9.59 Å². The monoisotopic (exact) mass is 363 g/mol. The van der Waals surface area contributed by atoms with Gasteiger partial charge < -0.3 is 14.8 Å². The number of rotatable bonds is 5. The normalized spacial score (nSPS) is 12.3. The molecule has 0 saturated carbocycles. The highest BCUT2D eigenvalue weighted by atomic mass is 32.1. The van der Waals surface area contributed by atoms with E-state index < -0.39 is 23.7 Å². The minimum absolute atomic E-state index is 0.0303. The average molecular weight is 363 g/mol. The number of pyridine rings is 1. The fourth-order valence-corrected chi connectivity index (χ4v) is 2.57. The number of esters is 1. The summed E-state index contributed by atoms with van der Waals surface area (Å²) in [7, 11) is 0. The molecule has 7 nitrogen and oxygen atoms in total. The smallest absolute Gasteiger partial charge is 0.408 e. The maximum atomic E-state index is 12.0. The van der Waals surface area contributed by atoms with Gasteiger partial charge in [-0.2, -0.15) is 0 Å². The molecule has 0 spiro atoms. The first-order valence-corrected chi connectivity index (χ1v) is 8.64. The van der Waals surface area contributed by atoms with Gasteiger partial charge in [-0.05, 0) is 39.8 Å². The molecule has 1 unspecified atom stereocenters. The van der Waals surface area contributed by atoms with Crippen LogP contribution in [0.1, 0.15) is 33.4 Å². The van der Waals surface area contributed by atoms with Crippen molar-refractivity contribution in [3.8, 4) is 10.7 Å². The number of nitrogens with one attached hydrogen (secondary N) is 1. The van der Waals surface area contributed by atoms with E-state index >= 15 is 0 Å². The fourth-order valence-electron chi connectivity index (χ4n) is 1.79. The Balaban J connectivity index is 1.84. The van der Waals surface area contributed by atoms with Crippen LogP contribution in [-0.2, 0) is 20.9 Å². The van der Waals surface area contributed by atoms with Crippen LogP contribution in [0.4, 0.5) is 4.79 Å². The van der Waals surface area contributed by atoms with Crippen LogP contribution in [0, 0.1) is 0 Å². The Kier molecular flexibility index (Phi) is 6.08. The predicted octanol–water partition coefficient (Wildman–Crippen LogP) is 3.16. The summed E-state index contributed by atoms with van der Waals surface area (Å²) in [4.78, 5) is 32.2. The van der Waals surface area contributed by atoms with Crippen molar-refractivity contribution in [1.29, 1.82) is 0 Å². The summed E-state index contributed by atoms with van der Waals surface area (Å²) in [6.45, 7) is 6.81. The molecule has 0 aliphatic heterocycles. The van der Waals surface area contributed by atoms with Crippen molar-refractivity contribution in [2.45, 2.75) is 45.9 Å². The van der Waals surface area contributed by atoms with Crippen LogP contribution >= 0.6 is 11.3 Å². The number of amides is 1. The zero-order valence-corrected chi connectivity index (χ0v) is 15.4. The third-order valence-corrected chi connectivity index (χ3v) is 3.80. The Labute approximate surface area is 150 Å². The van der Waals surface area contributed by atoms with Crippen molar-refractivity contribution in [2.24, 2.45) is 0 Å². The second kappa shape index (κ2) is 8.06. The van der Waals surface area contributed by atoms with Crippen LogP contribution in [0.2, 0.25) is 0 Å². The van der Waals surface area contributed by atoms with Gasteiger partial charge in [-0.3, -0.25) is 4.98 Å². The van der Waals surface area contributed by atoms with Crippen LogP contribution in [-0.4, -0.2) is 33.7 Å². The average Bonchev–Trinajstić information content (AvgIpc) is 3.00. The molecular formula is C17H21N3O4S. The van der Waals surface area contributed by atoms with Gasteiger partial charge in [0.2, 0.25) is 0 Å². The second-order valence-electron chi connectivity index (χ2n) is 6.33. The highest BCUT2D eigenvalue weighted by Crippen LogP contribution is 2.21. The van der Waals surface area contributed by atoms with E-state index in [4.69, 9.17) is 9.47 Å². The first-order valence-electron chi connectivity index (χ1n) is 7.76. The highest BCUT2D eigenvalue weighted by molar-refractivity contribution is 7.13. The molecular weight excluding hydrogens is 342 g/mol. The molecule has 0 radical (unpaired) electrons. The molecule has 2 aromatic rings. The van der Waals surface area contributed by atoms with E-state index in [0.29, 0.717) is 5.69 Å². The number of carbonyl (C=O) groups excluding carboxylic acids is 2. The topological polar surface area (TPSA) is 90.4 Å². The lowest BCUT2D eigenvalue weighted by atomic mass is 10.2. The Morgan fingerprint density at radius 3 is 2.72 bits per heavy atom. The first-order chi connectivity index (χ1) is 11.7. The molecule has 0 aromatic carbocycles. The van der Waals surface area contributed by atoms with Gasteiger partial charge in [0.15, 0.2) is 0 Å². The van der Waals surface area contributed by atoms with Gasteiger partial charge in [-0.15, -0.1) is 11.3 Å². The lowest BCUT2D eigenvalue weighted by molar-refractivity contribution is -0.147. The molecule has 8 heteroatoms. The number of hydrogen-bond acceptors (Lipinski definition) is 7. The zero-order chi connectivity index (χ0) is 18.4. The zero-order valence-electron chi connectivity index (χ0n) is 14.6. The summed E-state index contributed by atoms with van der Waals surface area (Å²) < 4.78 is 10.3. The molecule has 1 amide bonds. The minimum Gasteiger partial charge on any atom is -0.458 e. The molecule has 134 valence electrons. The SMILES string of the molecule is CC(NC(=O)OC(C)(C)C)C(=O)OCc1csc(-c2ccccn2)n1. The molecule has 0 aliphatic rings. The van der Waals surface area contributed by atoms with Crippen molar-refractivity contribution >= 4 is 23.4 Å². The van der Waals surface area contributed by atoms with Crippen LogP contribution in [0.15, 0.2) is 29.8 Å². The number of ether oxygens (including phenoxy) is 2. The van der Waals surface area contributed by atoms with Gasteiger partial charge in [-0.1, -0.05) is 6.07 Å². The first kappa shape index (κ1) is 18.9. The summed E-state index contributed by atoms with van der Waals surface area (Å²) in [5.41, 5.74) is 0.768. The van der Waals surface area contributed by atoms with Crippen molar-refractivity contribution in [1.82, 2.24) is 15.3 Å². The van der Waals surface area contributed by atoms with Crippen molar-refractivity contribution < 1.29 is 19.1 Å². The molecule has 1 N–H and O–H groups in total. The molecule has 0 saturated heterocycles. The van der Waals surface area contributed by atoms with Crippen LogP contribution < -0.4 is 5.32 Å². The molecule has 2 heterocycles. The summed E-state index contributed by atoms with van der Waals surface area (Å²) in [5, 5.41) is 5.00. The van der Waals surface area contributed by atoms with Gasteiger partial charge in [-0.25, -0.2) is 14.6 Å². The van der Waals surface area contributed by atoms with Gasteiger partial charge >= 0.3 is 12.1 Å². The van der Waals surface area contributed by atoms with Gasteiger partial charge in [0, 0.05) is 11.6 Å². The van der Waals surface area contributed by atoms with Crippen LogP contribution in [0.25, 0.3) is 10.7 Å². The van der Waals surface area contributed by atoms with E-state index in [1.54, 1.807) is 27.0 Å². The Hall–Kier alpha value is -2.48. The van der Waals surface area contributed by atoms with Crippen LogP contribution in [0.3, 0.4) is 0 Å². The summed E-state index contributed by atoms with van der Waals surface area (Å²) >= 11 is 1.43. The molecule has 0 bridgehead atoms. The fraction of sp³-hybridized carbons (Fsp3) is 0.412. The van der Waals surface area contributed by atoms with E-state index in [2.05, 4.69) is 15.3 Å². The number of thiazole rings is 1. The number of carbonyl (C=O) groups is 2. The second-order valence-corrected chi connectivity index (χ2v) is 7.19. The molecule has 2 rings (SSSR count). The standard InChI is InChI=1S/C17H21N3O4S/c1-11(19-16(22)24-17(2,3)4)15(21)23-9-12-10-25-14(20-12)13-7-5-6-8-18-13/h5-8,10-11H,9H2,1-4H3,(H,19,22). The van der Waals surface area contributed by atoms with E-state index in [1.165, 1.54) is 18.3 Å². The van der Waals surface area contributed by atoms with Gasteiger partial charge in [0.05, 0.1) is 11.4 Å². The lowest BCUT2D eigenvalue weighted by Crippen LogP contribution is -2.42. The highest BCUT2D eigenvalue weighted by Gasteiger charge is 2.22. The number of nitrogens with zero attached hydrogens (tertiary/aromatic N) is 2. The minimum atomic E-state index is -0.816. The summed E-state index contributed by atoms with van der Waals surface area (Å²) in [6, 6.07) is 4.76. The summed E-state index contributed by atoms with van der Waals surface area (Å²) in [5.74, 6) is -0.557. The van der Waals surface area contributed by atoms with E-state index in [1.807, 2.05) is 23.6 Å². The molecule has 0 aliphatic carbocycles. The molecule has 1 atom stereocenters. The maximum Gasteiger partial charge on any atom is 0.408 e. The molecule has 2 aromatic heterocycles. The lowest BCUT2D eigenvalue weighted by Gasteiger charge is -2.21. The number of alkyl carbamates (subject to hydrolysis) is 1. The predicted molar refractivity (Wildman–Crippen MR) is 94.0 cm³/mol. The van der Waals surface area contributed by atoms with Crippen molar-refractivity contribution in [2.75, 3.05) is 0 Å². The van der Waals surface area contributed by atoms with Crippen molar-refractivity contribution in [3.63, 3.8) is 0 Å². The molecule has 0 fully saturated rings. The van der Waals surface area contributed by atoms with Crippen LogP contribution in [0.5, 0.6) is 0 Å². The summed E-state index contributed by atoms with van der Waals surface area (Å²) in [6.07, 6.45) is 1.03. The Bertz CT molecular complexity index is 725. The number of aromatic nitrogens is 2. The van der Waals surface area contributed by atoms with E-state index in [-0.39, 0.29) is 6.61 Å².